The number of nitrogens with one attached hydrogen (secondary N) is 1. The Labute approximate surface area is 82.3 Å². The maximum Gasteiger partial charge on any atom is 0.355 e. The first-order valence-corrected chi connectivity index (χ1v) is 4.43. The van der Waals surface area contributed by atoms with E-state index in [0.29, 0.717) is 24.3 Å². The number of rotatable bonds is 3. The first-order valence-electron chi connectivity index (χ1n) is 4.43. The Bertz CT molecular complexity index is 366. The molecule has 0 fully saturated rings. The molecule has 0 atom stereocenters. The lowest BCUT2D eigenvalue weighted by atomic mass is 10.1. The van der Waals surface area contributed by atoms with Crippen LogP contribution in [0.3, 0.4) is 0 Å². The van der Waals surface area contributed by atoms with Crippen molar-refractivity contribution < 1.29 is 14.3 Å². The summed E-state index contributed by atoms with van der Waals surface area (Å²) in [6, 6.07) is 0. The van der Waals surface area contributed by atoms with Crippen LogP contribution in [0.25, 0.3) is 0 Å². The summed E-state index contributed by atoms with van der Waals surface area (Å²) in [7, 11) is 0. The Balaban J connectivity index is 3.10. The van der Waals surface area contributed by atoms with Gasteiger partial charge in [0.15, 0.2) is 6.29 Å². The summed E-state index contributed by atoms with van der Waals surface area (Å²) in [5.74, 6) is -0.416. The fourth-order valence-electron chi connectivity index (χ4n) is 1.24. The maximum absolute atomic E-state index is 11.4. The lowest BCUT2D eigenvalue weighted by Crippen LogP contribution is -2.06. The third kappa shape index (κ3) is 1.69. The standard InChI is InChI=1S/C10H13NO3/c1-4-14-10(13)9-7(3)6(2)8(5-12)11-9/h5,11H,4H2,1-3H3. The van der Waals surface area contributed by atoms with Gasteiger partial charge in [-0.05, 0) is 31.9 Å². The maximum atomic E-state index is 11.4. The van der Waals surface area contributed by atoms with Crippen LogP contribution in [0.2, 0.25) is 0 Å². The number of aromatic amines is 1. The molecule has 0 aliphatic heterocycles. The first kappa shape index (κ1) is 10.5. The van der Waals surface area contributed by atoms with Crippen LogP contribution in [-0.2, 0) is 4.74 Å². The molecule has 1 heterocycles. The van der Waals surface area contributed by atoms with E-state index in [2.05, 4.69) is 4.98 Å². The summed E-state index contributed by atoms with van der Waals surface area (Å²) in [6.45, 7) is 5.64. The van der Waals surface area contributed by atoms with Crippen LogP contribution in [0, 0.1) is 13.8 Å². The molecule has 0 aliphatic carbocycles. The quantitative estimate of drug-likeness (QED) is 0.589. The third-order valence-corrected chi connectivity index (χ3v) is 2.20. The summed E-state index contributed by atoms with van der Waals surface area (Å²) in [6.07, 6.45) is 0.699. The van der Waals surface area contributed by atoms with Crippen LogP contribution in [0.5, 0.6) is 0 Å². The molecule has 0 aromatic carbocycles. The summed E-state index contributed by atoms with van der Waals surface area (Å²) < 4.78 is 4.84. The van der Waals surface area contributed by atoms with Gasteiger partial charge in [-0.25, -0.2) is 4.79 Å². The van der Waals surface area contributed by atoms with Gasteiger partial charge in [-0.1, -0.05) is 0 Å². The highest BCUT2D eigenvalue weighted by molar-refractivity contribution is 5.92. The van der Waals surface area contributed by atoms with Gasteiger partial charge in [-0.15, -0.1) is 0 Å². The predicted molar refractivity (Wildman–Crippen MR) is 51.6 cm³/mol. The molecule has 1 aromatic rings. The van der Waals surface area contributed by atoms with E-state index in [-0.39, 0.29) is 0 Å². The molecule has 0 bridgehead atoms. The Morgan fingerprint density at radius 1 is 1.43 bits per heavy atom. The molecule has 1 N–H and O–H groups in total. The molecule has 4 heteroatoms. The second kappa shape index (κ2) is 4.09. The number of carbonyl (C=O) groups excluding carboxylic acids is 2. The van der Waals surface area contributed by atoms with E-state index in [1.807, 2.05) is 0 Å². The zero-order valence-corrected chi connectivity index (χ0v) is 8.51. The number of ether oxygens (including phenoxy) is 1. The molecule has 0 saturated carbocycles. The van der Waals surface area contributed by atoms with Crippen LogP contribution >= 0.6 is 0 Å². The van der Waals surface area contributed by atoms with E-state index in [0.717, 1.165) is 11.1 Å². The van der Waals surface area contributed by atoms with Crippen molar-refractivity contribution >= 4 is 12.3 Å². The van der Waals surface area contributed by atoms with Gasteiger partial charge in [0, 0.05) is 0 Å². The van der Waals surface area contributed by atoms with Crippen molar-refractivity contribution in [1.29, 1.82) is 0 Å². The molecule has 14 heavy (non-hydrogen) atoms. The minimum atomic E-state index is -0.416. The third-order valence-electron chi connectivity index (χ3n) is 2.20. The Morgan fingerprint density at radius 3 is 2.50 bits per heavy atom. The number of esters is 1. The van der Waals surface area contributed by atoms with Crippen LogP contribution < -0.4 is 0 Å². The molecular formula is C10H13NO3. The second-order valence-electron chi connectivity index (χ2n) is 3.00. The minimum absolute atomic E-state index is 0.326. The molecule has 0 radical (unpaired) electrons. The van der Waals surface area contributed by atoms with Crippen molar-refractivity contribution in [3.8, 4) is 0 Å². The summed E-state index contributed by atoms with van der Waals surface area (Å²) in [4.78, 5) is 24.7. The molecule has 0 aliphatic rings. The number of hydrogen-bond acceptors (Lipinski definition) is 3. The summed E-state index contributed by atoms with van der Waals surface area (Å²) >= 11 is 0. The average molecular weight is 195 g/mol. The van der Waals surface area contributed by atoms with E-state index >= 15 is 0 Å². The number of carbonyl (C=O) groups is 2. The molecule has 1 aromatic heterocycles. The van der Waals surface area contributed by atoms with Gasteiger partial charge in [0.1, 0.15) is 5.69 Å². The highest BCUT2D eigenvalue weighted by Gasteiger charge is 2.16. The van der Waals surface area contributed by atoms with Crippen molar-refractivity contribution in [1.82, 2.24) is 4.98 Å². The van der Waals surface area contributed by atoms with Crippen molar-refractivity contribution in [3.05, 3.63) is 22.5 Å². The lowest BCUT2D eigenvalue weighted by molar-refractivity contribution is 0.0519. The molecule has 4 nitrogen and oxygen atoms in total. The Morgan fingerprint density at radius 2 is 2.07 bits per heavy atom. The Hall–Kier alpha value is -1.58. The Kier molecular flexibility index (Phi) is 3.06. The van der Waals surface area contributed by atoms with Gasteiger partial charge in [-0.3, -0.25) is 4.79 Å². The van der Waals surface area contributed by atoms with E-state index in [4.69, 9.17) is 4.74 Å². The van der Waals surface area contributed by atoms with Gasteiger partial charge in [0.05, 0.1) is 12.3 Å². The number of aldehydes is 1. The van der Waals surface area contributed by atoms with Gasteiger partial charge in [0.2, 0.25) is 0 Å². The number of hydrogen-bond donors (Lipinski definition) is 1. The van der Waals surface area contributed by atoms with Gasteiger partial charge in [0.25, 0.3) is 0 Å². The number of aromatic nitrogens is 1. The van der Waals surface area contributed by atoms with Crippen molar-refractivity contribution in [3.63, 3.8) is 0 Å². The largest absolute Gasteiger partial charge is 0.461 e. The van der Waals surface area contributed by atoms with Crippen LogP contribution in [0.1, 0.15) is 39.0 Å². The molecule has 1 rings (SSSR count). The minimum Gasteiger partial charge on any atom is -0.461 e. The monoisotopic (exact) mass is 195 g/mol. The highest BCUT2D eigenvalue weighted by Crippen LogP contribution is 2.16. The zero-order chi connectivity index (χ0) is 10.7. The van der Waals surface area contributed by atoms with E-state index < -0.39 is 5.97 Å². The molecule has 0 saturated heterocycles. The summed E-state index contributed by atoms with van der Waals surface area (Å²) in [5, 5.41) is 0. The highest BCUT2D eigenvalue weighted by atomic mass is 16.5. The fourth-order valence-corrected chi connectivity index (χ4v) is 1.24. The van der Waals surface area contributed by atoms with Gasteiger partial charge < -0.3 is 9.72 Å². The lowest BCUT2D eigenvalue weighted by Gasteiger charge is -1.99. The van der Waals surface area contributed by atoms with Crippen LogP contribution in [0.4, 0.5) is 0 Å². The normalized spacial score (nSPS) is 9.93. The van der Waals surface area contributed by atoms with Gasteiger partial charge in [-0.2, -0.15) is 0 Å². The smallest absolute Gasteiger partial charge is 0.355 e. The van der Waals surface area contributed by atoms with Crippen LogP contribution in [-0.4, -0.2) is 23.8 Å². The molecule has 0 unspecified atom stereocenters. The van der Waals surface area contributed by atoms with Crippen molar-refractivity contribution in [2.24, 2.45) is 0 Å². The molecule has 0 spiro atoms. The van der Waals surface area contributed by atoms with Crippen molar-refractivity contribution in [2.75, 3.05) is 6.61 Å². The predicted octanol–water partition coefficient (Wildman–Crippen LogP) is 1.62. The average Bonchev–Trinajstić information content (AvgIpc) is 2.44. The van der Waals surface area contributed by atoms with Gasteiger partial charge >= 0.3 is 5.97 Å². The topological polar surface area (TPSA) is 59.2 Å². The first-order chi connectivity index (χ1) is 6.61. The SMILES string of the molecule is CCOC(=O)c1[nH]c(C=O)c(C)c1C. The van der Waals surface area contributed by atoms with E-state index in [1.54, 1.807) is 20.8 Å². The van der Waals surface area contributed by atoms with Crippen molar-refractivity contribution in [2.45, 2.75) is 20.8 Å². The zero-order valence-electron chi connectivity index (χ0n) is 8.51. The van der Waals surface area contributed by atoms with E-state index in [1.165, 1.54) is 0 Å². The molecular weight excluding hydrogens is 182 g/mol. The second-order valence-corrected chi connectivity index (χ2v) is 3.00. The number of H-pyrrole nitrogens is 1. The molecule has 76 valence electrons. The molecule has 0 amide bonds. The van der Waals surface area contributed by atoms with E-state index in [9.17, 15) is 9.59 Å². The fraction of sp³-hybridized carbons (Fsp3) is 0.400. The van der Waals surface area contributed by atoms with Crippen LogP contribution in [0.15, 0.2) is 0 Å². The summed E-state index contributed by atoms with van der Waals surface area (Å²) in [5.41, 5.74) is 2.37.